The summed E-state index contributed by atoms with van der Waals surface area (Å²) in [5.74, 6) is 0.796. The van der Waals surface area contributed by atoms with Gasteiger partial charge in [0, 0.05) is 19.3 Å². The molecule has 1 heterocycles. The van der Waals surface area contributed by atoms with E-state index < -0.39 is 0 Å². The molecule has 102 valence electrons. The second-order valence-corrected chi connectivity index (χ2v) is 6.16. The van der Waals surface area contributed by atoms with Crippen molar-refractivity contribution < 1.29 is 0 Å². The fraction of sp³-hybridized carbons (Fsp3) is 0.600. The Bertz CT molecular complexity index is 514. The molecule has 1 aromatic heterocycles. The summed E-state index contributed by atoms with van der Waals surface area (Å²) in [6.45, 7) is 5.67. The van der Waals surface area contributed by atoms with Gasteiger partial charge < -0.3 is 10.6 Å². The van der Waals surface area contributed by atoms with Crippen LogP contribution in [0.2, 0.25) is 0 Å². The lowest BCUT2D eigenvalue weighted by molar-refractivity contribution is 0.384. The third kappa shape index (κ3) is 2.87. The molecule has 19 heavy (non-hydrogen) atoms. The molecule has 0 aromatic carbocycles. The number of nitrogens with zero attached hydrogens (tertiary/aromatic N) is 3. The van der Waals surface area contributed by atoms with Crippen molar-refractivity contribution >= 4 is 5.82 Å². The van der Waals surface area contributed by atoms with Crippen molar-refractivity contribution in [1.29, 1.82) is 5.26 Å². The van der Waals surface area contributed by atoms with Crippen LogP contribution in [0.4, 0.5) is 5.82 Å². The molecule has 1 aromatic rings. The number of hydrogen-bond donors (Lipinski definition) is 1. The molecule has 0 atom stereocenters. The number of rotatable bonds is 4. The topological polar surface area (TPSA) is 65.9 Å². The summed E-state index contributed by atoms with van der Waals surface area (Å²) in [6, 6.07) is 4.29. The smallest absolute Gasteiger partial charge is 0.146 e. The minimum absolute atomic E-state index is 0.0160. The molecule has 0 aliphatic heterocycles. The maximum atomic E-state index is 9.31. The third-order valence-corrected chi connectivity index (χ3v) is 3.73. The van der Waals surface area contributed by atoms with Gasteiger partial charge in [0.15, 0.2) is 0 Å². The fourth-order valence-electron chi connectivity index (χ4n) is 2.62. The molecule has 1 aliphatic carbocycles. The molecule has 4 nitrogen and oxygen atoms in total. The van der Waals surface area contributed by atoms with Crippen LogP contribution in [0, 0.1) is 16.7 Å². The molecule has 0 amide bonds. The van der Waals surface area contributed by atoms with E-state index in [-0.39, 0.29) is 5.41 Å². The highest BCUT2D eigenvalue weighted by Gasteiger charge is 2.23. The average Bonchev–Trinajstić information content (AvgIpc) is 2.83. The molecular weight excluding hydrogens is 236 g/mol. The van der Waals surface area contributed by atoms with Crippen molar-refractivity contribution in [3.8, 4) is 6.07 Å². The van der Waals surface area contributed by atoms with E-state index >= 15 is 0 Å². The number of aryl methyl sites for hydroxylation is 2. The first-order chi connectivity index (χ1) is 8.96. The lowest BCUT2D eigenvalue weighted by Gasteiger charge is -2.30. The average molecular weight is 258 g/mol. The van der Waals surface area contributed by atoms with Crippen LogP contribution in [0.1, 0.15) is 37.1 Å². The second-order valence-electron chi connectivity index (χ2n) is 6.16. The highest BCUT2D eigenvalue weighted by molar-refractivity contribution is 5.56. The third-order valence-electron chi connectivity index (χ3n) is 3.73. The molecule has 0 spiro atoms. The van der Waals surface area contributed by atoms with Crippen LogP contribution in [0.25, 0.3) is 0 Å². The minimum atomic E-state index is 0.0160. The van der Waals surface area contributed by atoms with Crippen LogP contribution in [-0.2, 0) is 12.8 Å². The number of pyridine rings is 1. The van der Waals surface area contributed by atoms with Crippen molar-refractivity contribution in [3.05, 3.63) is 22.9 Å². The Hall–Kier alpha value is -1.60. The summed E-state index contributed by atoms with van der Waals surface area (Å²) < 4.78 is 0. The monoisotopic (exact) mass is 258 g/mol. The van der Waals surface area contributed by atoms with E-state index in [0.717, 1.165) is 37.3 Å². The number of anilines is 1. The van der Waals surface area contributed by atoms with Gasteiger partial charge in [-0.15, -0.1) is 0 Å². The Kier molecular flexibility index (Phi) is 3.77. The summed E-state index contributed by atoms with van der Waals surface area (Å²) in [4.78, 5) is 6.76. The van der Waals surface area contributed by atoms with Gasteiger partial charge in [-0.2, -0.15) is 5.26 Å². The normalized spacial score (nSPS) is 14.1. The lowest BCUT2D eigenvalue weighted by Crippen LogP contribution is -2.37. The van der Waals surface area contributed by atoms with Crippen LogP contribution in [-0.4, -0.2) is 25.1 Å². The standard InChI is InChI=1S/C15H22N4/c1-15(2,9-17)10-19(3)14-12(8-16)7-11-5-4-6-13(11)18-14/h7H,4-6,9-10,17H2,1-3H3. The number of nitriles is 1. The summed E-state index contributed by atoms with van der Waals surface area (Å²) in [5.41, 5.74) is 8.88. The first-order valence-electron chi connectivity index (χ1n) is 6.81. The van der Waals surface area contributed by atoms with Crippen LogP contribution >= 0.6 is 0 Å². The van der Waals surface area contributed by atoms with Crippen molar-refractivity contribution in [1.82, 2.24) is 4.98 Å². The van der Waals surface area contributed by atoms with Gasteiger partial charge in [0.2, 0.25) is 0 Å². The number of aromatic nitrogens is 1. The van der Waals surface area contributed by atoms with E-state index in [4.69, 9.17) is 10.7 Å². The molecule has 2 N–H and O–H groups in total. The molecule has 1 aliphatic rings. The highest BCUT2D eigenvalue weighted by atomic mass is 15.2. The molecule has 0 bridgehead atoms. The van der Waals surface area contributed by atoms with Gasteiger partial charge in [0.1, 0.15) is 11.9 Å². The molecule has 0 fully saturated rings. The number of nitrogens with two attached hydrogens (primary N) is 1. The van der Waals surface area contributed by atoms with Crippen molar-refractivity contribution in [3.63, 3.8) is 0 Å². The molecule has 0 saturated carbocycles. The SMILES string of the molecule is CN(CC(C)(C)CN)c1nc2c(cc1C#N)CCC2. The summed E-state index contributed by atoms with van der Waals surface area (Å²) >= 11 is 0. The van der Waals surface area contributed by atoms with E-state index in [1.165, 1.54) is 5.56 Å². The summed E-state index contributed by atoms with van der Waals surface area (Å²) in [5, 5.41) is 9.31. The molecule has 4 heteroatoms. The van der Waals surface area contributed by atoms with Crippen LogP contribution in [0.3, 0.4) is 0 Å². The Morgan fingerprint density at radius 1 is 1.47 bits per heavy atom. The minimum Gasteiger partial charge on any atom is -0.358 e. The zero-order valence-corrected chi connectivity index (χ0v) is 12.0. The van der Waals surface area contributed by atoms with Gasteiger partial charge in [-0.1, -0.05) is 13.8 Å². The van der Waals surface area contributed by atoms with Gasteiger partial charge in [-0.3, -0.25) is 0 Å². The predicted molar refractivity (Wildman–Crippen MR) is 77.1 cm³/mol. The van der Waals surface area contributed by atoms with E-state index in [9.17, 15) is 5.26 Å². The van der Waals surface area contributed by atoms with Gasteiger partial charge >= 0.3 is 0 Å². The summed E-state index contributed by atoms with van der Waals surface area (Å²) in [7, 11) is 1.99. The molecule has 0 unspecified atom stereocenters. The zero-order chi connectivity index (χ0) is 14.0. The van der Waals surface area contributed by atoms with Crippen molar-refractivity contribution in [2.24, 2.45) is 11.1 Å². The van der Waals surface area contributed by atoms with Crippen LogP contribution in [0.15, 0.2) is 6.07 Å². The molecule has 2 rings (SSSR count). The predicted octanol–water partition coefficient (Wildman–Crippen LogP) is 1.86. The zero-order valence-electron chi connectivity index (χ0n) is 12.0. The van der Waals surface area contributed by atoms with Crippen LogP contribution in [0.5, 0.6) is 0 Å². The van der Waals surface area contributed by atoms with E-state index in [0.29, 0.717) is 12.1 Å². The van der Waals surface area contributed by atoms with Crippen molar-refractivity contribution in [2.75, 3.05) is 25.0 Å². The number of hydrogen-bond acceptors (Lipinski definition) is 4. The van der Waals surface area contributed by atoms with Crippen molar-refractivity contribution in [2.45, 2.75) is 33.1 Å². The maximum Gasteiger partial charge on any atom is 0.146 e. The summed E-state index contributed by atoms with van der Waals surface area (Å²) in [6.07, 6.45) is 3.23. The highest BCUT2D eigenvalue weighted by Crippen LogP contribution is 2.28. The molecule has 0 radical (unpaired) electrons. The Balaban J connectivity index is 2.31. The van der Waals surface area contributed by atoms with Gasteiger partial charge in [0.05, 0.1) is 5.56 Å². The van der Waals surface area contributed by atoms with Crippen LogP contribution < -0.4 is 10.6 Å². The van der Waals surface area contributed by atoms with Gasteiger partial charge in [-0.05, 0) is 42.9 Å². The Labute approximate surface area is 115 Å². The Morgan fingerprint density at radius 2 is 2.21 bits per heavy atom. The molecular formula is C15H22N4. The first-order valence-corrected chi connectivity index (χ1v) is 6.81. The number of fused-ring (bicyclic) bond motifs is 1. The first kappa shape index (κ1) is 13.8. The maximum absolute atomic E-state index is 9.31. The molecule has 0 saturated heterocycles. The quantitative estimate of drug-likeness (QED) is 0.895. The lowest BCUT2D eigenvalue weighted by atomic mass is 9.93. The van der Waals surface area contributed by atoms with Gasteiger partial charge in [0.25, 0.3) is 0 Å². The van der Waals surface area contributed by atoms with E-state index in [1.807, 2.05) is 13.1 Å². The Morgan fingerprint density at radius 3 is 2.84 bits per heavy atom. The van der Waals surface area contributed by atoms with Gasteiger partial charge in [-0.25, -0.2) is 4.98 Å². The van der Waals surface area contributed by atoms with E-state index in [2.05, 4.69) is 24.8 Å². The second kappa shape index (κ2) is 5.18. The fourth-order valence-corrected chi connectivity index (χ4v) is 2.62. The largest absolute Gasteiger partial charge is 0.358 e. The van der Waals surface area contributed by atoms with E-state index in [1.54, 1.807) is 0 Å².